The van der Waals surface area contributed by atoms with E-state index in [0.29, 0.717) is 0 Å². The van der Waals surface area contributed by atoms with Gasteiger partial charge >= 0.3 is 0 Å². The highest BCUT2D eigenvalue weighted by atomic mass is 127. The lowest BCUT2D eigenvalue weighted by atomic mass is 9.89. The van der Waals surface area contributed by atoms with E-state index in [1.54, 1.807) is 45.2 Å². The lowest BCUT2D eigenvalue weighted by Gasteiger charge is -2.31. The van der Waals surface area contributed by atoms with Gasteiger partial charge in [0.25, 0.3) is 35.4 Å². The Morgan fingerprint density at radius 1 is 0.410 bits per heavy atom. The number of carbonyl (C=O) groups is 9. The molecule has 0 aliphatic carbocycles. The highest BCUT2D eigenvalue weighted by molar-refractivity contribution is 14.1. The number of nitrogens with zero attached hydrogens (tertiary/aromatic N) is 3. The Morgan fingerprint density at radius 2 is 0.675 bits per heavy atom. The van der Waals surface area contributed by atoms with Crippen molar-refractivity contribution in [2.45, 2.75) is 72.4 Å². The highest BCUT2D eigenvalue weighted by Gasteiger charge is 2.36. The van der Waals surface area contributed by atoms with Gasteiger partial charge in [0.2, 0.25) is 17.7 Å². The molecular formula is C53H73I2N9O19. The van der Waals surface area contributed by atoms with Crippen LogP contribution in [0.1, 0.15) is 101 Å². The van der Waals surface area contributed by atoms with Gasteiger partial charge in [0.05, 0.1) is 78.2 Å². The van der Waals surface area contributed by atoms with E-state index in [4.69, 9.17) is 0 Å². The van der Waals surface area contributed by atoms with Crippen molar-refractivity contribution in [1.82, 2.24) is 30.7 Å². The Hall–Kier alpha value is -6.05. The molecule has 30 heteroatoms. The fourth-order valence-corrected chi connectivity index (χ4v) is 11.9. The van der Waals surface area contributed by atoms with Crippen LogP contribution in [-0.4, -0.2) is 243 Å². The van der Waals surface area contributed by atoms with Crippen LogP contribution in [-0.2, 0) is 14.4 Å². The number of amides is 9. The molecule has 16 N–H and O–H groups in total. The van der Waals surface area contributed by atoms with E-state index >= 15 is 0 Å². The molecule has 28 nitrogen and oxygen atoms in total. The summed E-state index contributed by atoms with van der Waals surface area (Å²) in [6.45, 7) is 1.22. The minimum Gasteiger partial charge on any atom is -0.394 e. The number of hydrogen-bond donors (Lipinski definition) is 16. The molecule has 0 saturated heterocycles. The molecule has 0 heterocycles. The molecule has 0 aliphatic heterocycles. The molecule has 0 aromatic heterocycles. The first-order valence-corrected chi connectivity index (χ1v) is 27.6. The van der Waals surface area contributed by atoms with Crippen molar-refractivity contribution in [3.8, 4) is 0 Å². The second kappa shape index (κ2) is 31.2. The number of anilines is 3. The van der Waals surface area contributed by atoms with E-state index < -0.39 is 136 Å². The first-order chi connectivity index (χ1) is 38.7. The van der Waals surface area contributed by atoms with Crippen LogP contribution in [0.15, 0.2) is 0 Å². The number of aliphatic hydroxyl groups is 10. The molecular weight excluding hydrogens is 1320 g/mol. The third-order valence-electron chi connectivity index (χ3n) is 13.5. The van der Waals surface area contributed by atoms with Crippen molar-refractivity contribution in [2.24, 2.45) is 0 Å². The molecule has 0 fully saturated rings. The van der Waals surface area contributed by atoms with Crippen LogP contribution in [0.25, 0.3) is 0 Å². The fraction of sp³-hybridized carbons (Fsp3) is 0.491. The number of carbonyl (C=O) groups excluding carboxylic acids is 9. The van der Waals surface area contributed by atoms with E-state index in [0.717, 1.165) is 14.7 Å². The van der Waals surface area contributed by atoms with E-state index in [1.807, 2.05) is 0 Å². The van der Waals surface area contributed by atoms with Gasteiger partial charge in [0.15, 0.2) is 0 Å². The molecule has 3 unspecified atom stereocenters. The van der Waals surface area contributed by atoms with Gasteiger partial charge in [-0.2, -0.15) is 0 Å². The molecule has 3 atom stereocenters. The molecule has 0 radical (unpaired) electrons. The summed E-state index contributed by atoms with van der Waals surface area (Å²) >= 11 is 3.44. The van der Waals surface area contributed by atoms with Crippen molar-refractivity contribution >= 4 is 115 Å². The minimum atomic E-state index is -2.48. The largest absolute Gasteiger partial charge is 0.394 e. The fourth-order valence-electron chi connectivity index (χ4n) is 9.20. The molecule has 83 heavy (non-hydrogen) atoms. The van der Waals surface area contributed by atoms with Crippen LogP contribution in [0.3, 0.4) is 0 Å². The average molecular weight is 1390 g/mol. The Bertz CT molecular complexity index is 2700. The monoisotopic (exact) mass is 1390 g/mol. The summed E-state index contributed by atoms with van der Waals surface area (Å²) in [5.41, 5.74) is -3.17. The maximum absolute atomic E-state index is 14.7. The van der Waals surface area contributed by atoms with Gasteiger partial charge in [-0.15, -0.1) is 0 Å². The van der Waals surface area contributed by atoms with Gasteiger partial charge < -0.3 is 97.7 Å². The molecule has 3 aromatic rings. The van der Waals surface area contributed by atoms with E-state index in [-0.39, 0.29) is 116 Å². The van der Waals surface area contributed by atoms with E-state index in [9.17, 15) is 94.2 Å². The summed E-state index contributed by atoms with van der Waals surface area (Å²) in [6, 6.07) is 0. The number of aliphatic hydroxyl groups excluding tert-OH is 9. The predicted octanol–water partition coefficient (Wildman–Crippen LogP) is -2.56. The van der Waals surface area contributed by atoms with Crippen molar-refractivity contribution in [3.05, 3.63) is 79.5 Å². The van der Waals surface area contributed by atoms with Gasteiger partial charge in [0.1, 0.15) is 25.4 Å². The Kier molecular flexibility index (Phi) is 26.8. The first kappa shape index (κ1) is 71.2. The van der Waals surface area contributed by atoms with Crippen LogP contribution in [0.4, 0.5) is 17.1 Å². The van der Waals surface area contributed by atoms with Gasteiger partial charge in [0, 0.05) is 78.0 Å². The van der Waals surface area contributed by atoms with Gasteiger partial charge in [-0.25, -0.2) is 0 Å². The number of likely N-dealkylation sites (N-methyl/N-ethyl adjacent to an activating group) is 3. The summed E-state index contributed by atoms with van der Waals surface area (Å²) in [4.78, 5) is 127. The van der Waals surface area contributed by atoms with Crippen molar-refractivity contribution in [3.63, 3.8) is 0 Å². The second-order valence-electron chi connectivity index (χ2n) is 19.8. The van der Waals surface area contributed by atoms with Gasteiger partial charge in [-0.3, -0.25) is 43.2 Å². The molecule has 3 rings (SSSR count). The Labute approximate surface area is 505 Å². The van der Waals surface area contributed by atoms with Crippen LogP contribution >= 0.6 is 45.2 Å². The molecule has 0 spiro atoms. The summed E-state index contributed by atoms with van der Waals surface area (Å²) in [6.07, 6.45) is -4.09. The van der Waals surface area contributed by atoms with Gasteiger partial charge in [-0.05, 0) is 133 Å². The Morgan fingerprint density at radius 3 is 0.976 bits per heavy atom. The van der Waals surface area contributed by atoms with E-state index in [1.165, 1.54) is 69.6 Å². The zero-order valence-electron chi connectivity index (χ0n) is 47.5. The quantitative estimate of drug-likeness (QED) is 0.0349. The number of benzene rings is 3. The molecule has 9 amide bonds. The summed E-state index contributed by atoms with van der Waals surface area (Å²) in [5.74, 6) is -8.09. The van der Waals surface area contributed by atoms with Crippen molar-refractivity contribution < 1.29 is 94.2 Å². The van der Waals surface area contributed by atoms with Gasteiger partial charge in [-0.1, -0.05) is 0 Å². The molecule has 458 valence electrons. The molecule has 0 saturated carbocycles. The van der Waals surface area contributed by atoms with E-state index in [2.05, 4.69) is 31.9 Å². The zero-order chi connectivity index (χ0) is 63.3. The number of nitrogens with one attached hydrogen (secondary N) is 6. The van der Waals surface area contributed by atoms with Crippen LogP contribution in [0.2, 0.25) is 0 Å². The predicted molar refractivity (Wildman–Crippen MR) is 317 cm³/mol. The average Bonchev–Trinajstić information content (AvgIpc) is 3.49. The normalized spacial score (nSPS) is 12.9. The molecule has 0 aliphatic rings. The van der Waals surface area contributed by atoms with Crippen molar-refractivity contribution in [2.75, 3.05) is 116 Å². The smallest absolute Gasteiger partial charge is 0.255 e. The van der Waals surface area contributed by atoms with Crippen molar-refractivity contribution in [1.29, 1.82) is 0 Å². The van der Waals surface area contributed by atoms with Crippen LogP contribution in [0.5, 0.6) is 0 Å². The summed E-state index contributed by atoms with van der Waals surface area (Å²) in [7, 11) is 3.94. The number of rotatable bonds is 27. The maximum atomic E-state index is 14.7. The molecule has 0 bridgehead atoms. The lowest BCUT2D eigenvalue weighted by Crippen LogP contribution is -2.57. The first-order valence-electron chi connectivity index (χ1n) is 25.5. The number of halogens is 2. The second-order valence-corrected chi connectivity index (χ2v) is 22.0. The maximum Gasteiger partial charge on any atom is 0.255 e. The zero-order valence-corrected chi connectivity index (χ0v) is 51.8. The van der Waals surface area contributed by atoms with Crippen LogP contribution in [0, 0.1) is 55.6 Å². The Balaban J connectivity index is 2.35. The minimum absolute atomic E-state index is 0.00274. The lowest BCUT2D eigenvalue weighted by molar-refractivity contribution is -0.119. The SMILES string of the molecule is Cc1c(NC(=O)CO)c(C)c(C(=O)N(C)CC(O)CO)c(C)c1C(=O)NCC(O)(CNC(=O)c1c(C)c(NC(=O)CO)c(C)c(C(=O)N(C)CC(O)CO)c1C)CNC(=O)c1c(I)c(NC(=O)CO)c(C)c(C(=O)N(C)CC(O)CO)c1I. The third-order valence-corrected chi connectivity index (χ3v) is 15.7. The standard InChI is InChI=1S/C53H73I2N9O19/c1-23-36(25(3)44(59-33(74)17-68)27(5)38(23)50(80)62(8)11-30(71)14-65)47(77)56-20-53(83,21-57-48(78)37-24(2)39(51(81)63(9)12-31(72)15-66)28(6)45(26(37)4)60-34(75)18-69)22-58-49(79)41-42(54)40(52(82)64(10)13-32(73)16-67)29(7)46(43(41)55)61-35(76)19-70/h30-32,65-73,83H,11-22H2,1-10H3,(H,56,77)(H,57,78)(H,58,79)(H,59,74)(H,60,75)(H,61,76). The summed E-state index contributed by atoms with van der Waals surface area (Å²) in [5, 5.41) is 116. The topological polar surface area (TPSA) is 438 Å². The third kappa shape index (κ3) is 17.1. The summed E-state index contributed by atoms with van der Waals surface area (Å²) < 4.78 is 0.0353. The number of hydrogen-bond acceptors (Lipinski definition) is 19. The molecule has 3 aromatic carbocycles. The highest BCUT2D eigenvalue weighted by Crippen LogP contribution is 2.37. The van der Waals surface area contributed by atoms with Crippen LogP contribution < -0.4 is 31.9 Å².